The van der Waals surface area contributed by atoms with Crippen molar-refractivity contribution in [3.8, 4) is 5.88 Å². The van der Waals surface area contributed by atoms with E-state index in [4.69, 9.17) is 4.74 Å². The molecule has 3 heterocycles. The first-order valence-electron chi connectivity index (χ1n) is 9.34. The lowest BCUT2D eigenvalue weighted by Crippen LogP contribution is -2.49. The zero-order valence-corrected chi connectivity index (χ0v) is 15.8. The van der Waals surface area contributed by atoms with Gasteiger partial charge in [-0.1, -0.05) is 0 Å². The molecule has 0 radical (unpaired) electrons. The first-order valence-corrected chi connectivity index (χ1v) is 10.2. The van der Waals surface area contributed by atoms with E-state index in [1.807, 2.05) is 4.90 Å². The quantitative estimate of drug-likeness (QED) is 0.838. The molecule has 1 aliphatic carbocycles. The number of nitrogens with zero attached hydrogens (tertiary/aromatic N) is 3. The molecule has 0 bridgehead atoms. The molecular weight excluding hydrogens is 334 g/mol. The Kier molecular flexibility index (Phi) is 4.63. The second-order valence-electron chi connectivity index (χ2n) is 7.29. The van der Waals surface area contributed by atoms with Crippen molar-refractivity contribution in [2.75, 3.05) is 6.61 Å². The maximum Gasteiger partial charge on any atom is 0.261 e. The average Bonchev–Trinajstić information content (AvgIpc) is 2.99. The average molecular weight is 359 g/mol. The van der Waals surface area contributed by atoms with Crippen LogP contribution in [0.4, 0.5) is 0 Å². The molecule has 0 aromatic carbocycles. The van der Waals surface area contributed by atoms with Crippen LogP contribution in [0.5, 0.6) is 5.88 Å². The Morgan fingerprint density at radius 1 is 1.20 bits per heavy atom. The normalized spacial score (nSPS) is 23.5. The maximum absolute atomic E-state index is 12.7. The predicted molar refractivity (Wildman–Crippen MR) is 99.2 cm³/mol. The van der Waals surface area contributed by atoms with Gasteiger partial charge in [0, 0.05) is 17.0 Å². The zero-order chi connectivity index (χ0) is 17.4. The number of fused-ring (bicyclic) bond motifs is 3. The Hall–Kier alpha value is -1.69. The van der Waals surface area contributed by atoms with Crippen molar-refractivity contribution in [3.05, 3.63) is 16.8 Å². The summed E-state index contributed by atoms with van der Waals surface area (Å²) in [7, 11) is 0. The molecular formula is C19H25N3O2S. The molecule has 2 aliphatic rings. The Morgan fingerprint density at radius 3 is 2.76 bits per heavy atom. The molecule has 1 aliphatic heterocycles. The SMILES string of the molecule is CC1CCCC(C)N1C(=O)COc1ncnc2sc3c(c12)CCCC3. The number of amides is 1. The van der Waals surface area contributed by atoms with Crippen LogP contribution in [0.3, 0.4) is 0 Å². The fraction of sp³-hybridized carbons (Fsp3) is 0.632. The van der Waals surface area contributed by atoms with Crippen LogP contribution in [-0.2, 0) is 17.6 Å². The summed E-state index contributed by atoms with van der Waals surface area (Å²) >= 11 is 1.75. The molecule has 0 N–H and O–H groups in total. The lowest BCUT2D eigenvalue weighted by Gasteiger charge is -2.38. The summed E-state index contributed by atoms with van der Waals surface area (Å²) in [6.07, 6.45) is 9.53. The first-order chi connectivity index (χ1) is 12.1. The molecule has 0 saturated carbocycles. The minimum Gasteiger partial charge on any atom is -0.467 e. The summed E-state index contributed by atoms with van der Waals surface area (Å²) in [5, 5.41) is 1.04. The first kappa shape index (κ1) is 16.8. The van der Waals surface area contributed by atoms with E-state index in [9.17, 15) is 4.79 Å². The largest absolute Gasteiger partial charge is 0.467 e. The molecule has 2 unspecified atom stereocenters. The highest BCUT2D eigenvalue weighted by atomic mass is 32.1. The van der Waals surface area contributed by atoms with Crippen LogP contribution in [0.1, 0.15) is 56.4 Å². The van der Waals surface area contributed by atoms with Gasteiger partial charge in [-0.15, -0.1) is 11.3 Å². The van der Waals surface area contributed by atoms with Gasteiger partial charge in [0.25, 0.3) is 5.91 Å². The summed E-state index contributed by atoms with van der Waals surface area (Å²) in [6.45, 7) is 4.32. The van der Waals surface area contributed by atoms with E-state index in [-0.39, 0.29) is 12.5 Å². The molecule has 5 nitrogen and oxygen atoms in total. The minimum absolute atomic E-state index is 0.0609. The smallest absolute Gasteiger partial charge is 0.261 e. The fourth-order valence-electron chi connectivity index (χ4n) is 4.29. The third-order valence-corrected chi connectivity index (χ3v) is 6.73. The van der Waals surface area contributed by atoms with Crippen LogP contribution in [0.15, 0.2) is 6.33 Å². The van der Waals surface area contributed by atoms with E-state index in [1.54, 1.807) is 17.7 Å². The molecule has 2 aromatic rings. The second kappa shape index (κ2) is 6.90. The summed E-state index contributed by atoms with van der Waals surface area (Å²) in [6, 6.07) is 0.582. The van der Waals surface area contributed by atoms with Crippen molar-refractivity contribution >= 4 is 27.5 Å². The van der Waals surface area contributed by atoms with Gasteiger partial charge in [-0.3, -0.25) is 4.79 Å². The van der Waals surface area contributed by atoms with Gasteiger partial charge >= 0.3 is 0 Å². The molecule has 4 rings (SSSR count). The highest BCUT2D eigenvalue weighted by Gasteiger charge is 2.29. The Labute approximate surface area is 152 Å². The van der Waals surface area contributed by atoms with Crippen LogP contribution in [-0.4, -0.2) is 39.5 Å². The summed E-state index contributed by atoms with van der Waals surface area (Å²) in [5.74, 6) is 0.644. The molecule has 25 heavy (non-hydrogen) atoms. The van der Waals surface area contributed by atoms with E-state index >= 15 is 0 Å². The minimum atomic E-state index is 0.0609. The molecule has 1 fully saturated rings. The molecule has 1 amide bonds. The molecule has 1 saturated heterocycles. The topological polar surface area (TPSA) is 55.3 Å². The number of aromatic nitrogens is 2. The number of carbonyl (C=O) groups excluding carboxylic acids is 1. The lowest BCUT2D eigenvalue weighted by molar-refractivity contribution is -0.139. The zero-order valence-electron chi connectivity index (χ0n) is 15.0. The van der Waals surface area contributed by atoms with Crippen LogP contribution < -0.4 is 4.74 Å². The summed E-state index contributed by atoms with van der Waals surface area (Å²) in [5.41, 5.74) is 1.34. The fourth-order valence-corrected chi connectivity index (χ4v) is 5.51. The highest BCUT2D eigenvalue weighted by Crippen LogP contribution is 2.39. The number of carbonyl (C=O) groups is 1. The number of rotatable bonds is 3. The van der Waals surface area contributed by atoms with Crippen molar-refractivity contribution < 1.29 is 9.53 Å². The van der Waals surface area contributed by atoms with Crippen molar-refractivity contribution in [1.82, 2.24) is 14.9 Å². The Bertz CT molecular complexity index is 778. The van der Waals surface area contributed by atoms with Crippen LogP contribution >= 0.6 is 11.3 Å². The number of aryl methyl sites for hydroxylation is 2. The van der Waals surface area contributed by atoms with E-state index < -0.39 is 0 Å². The molecule has 2 atom stereocenters. The van der Waals surface area contributed by atoms with Gasteiger partial charge in [-0.2, -0.15) is 0 Å². The number of ether oxygens (including phenoxy) is 1. The molecule has 2 aromatic heterocycles. The van der Waals surface area contributed by atoms with Crippen LogP contribution in [0.2, 0.25) is 0 Å². The van der Waals surface area contributed by atoms with E-state index in [2.05, 4.69) is 23.8 Å². The Balaban J connectivity index is 1.55. The summed E-state index contributed by atoms with van der Waals surface area (Å²) in [4.78, 5) is 25.9. The van der Waals surface area contributed by atoms with Gasteiger partial charge in [0.15, 0.2) is 6.61 Å². The number of hydrogen-bond acceptors (Lipinski definition) is 5. The number of hydrogen-bond donors (Lipinski definition) is 0. The lowest BCUT2D eigenvalue weighted by atomic mass is 9.97. The Morgan fingerprint density at radius 2 is 1.96 bits per heavy atom. The van der Waals surface area contributed by atoms with E-state index in [0.717, 1.165) is 35.9 Å². The van der Waals surface area contributed by atoms with Crippen molar-refractivity contribution in [2.45, 2.75) is 70.9 Å². The van der Waals surface area contributed by atoms with E-state index in [0.29, 0.717) is 18.0 Å². The third kappa shape index (κ3) is 3.12. The van der Waals surface area contributed by atoms with E-state index in [1.165, 1.54) is 29.7 Å². The van der Waals surface area contributed by atoms with Crippen LogP contribution in [0.25, 0.3) is 10.2 Å². The van der Waals surface area contributed by atoms with Crippen molar-refractivity contribution in [1.29, 1.82) is 0 Å². The standard InChI is InChI=1S/C19H25N3O2S/c1-12-6-5-7-13(2)22(12)16(23)10-24-18-17-14-8-3-4-9-15(14)25-19(17)21-11-20-18/h11-13H,3-10H2,1-2H3. The highest BCUT2D eigenvalue weighted by molar-refractivity contribution is 7.18. The monoisotopic (exact) mass is 359 g/mol. The van der Waals surface area contributed by atoms with Gasteiger partial charge in [0.05, 0.1) is 5.39 Å². The third-order valence-electron chi connectivity index (χ3n) is 5.53. The molecule has 0 spiro atoms. The molecule has 6 heteroatoms. The van der Waals surface area contributed by atoms with Gasteiger partial charge < -0.3 is 9.64 Å². The van der Waals surface area contributed by atoms with Crippen molar-refractivity contribution in [3.63, 3.8) is 0 Å². The van der Waals surface area contributed by atoms with Crippen LogP contribution in [0, 0.1) is 0 Å². The van der Waals surface area contributed by atoms with Gasteiger partial charge in [0.2, 0.25) is 5.88 Å². The van der Waals surface area contributed by atoms with Crippen molar-refractivity contribution in [2.24, 2.45) is 0 Å². The second-order valence-corrected chi connectivity index (χ2v) is 8.37. The number of likely N-dealkylation sites (tertiary alicyclic amines) is 1. The van der Waals surface area contributed by atoms with Gasteiger partial charge in [-0.05, 0) is 64.4 Å². The van der Waals surface area contributed by atoms with Gasteiger partial charge in [0.1, 0.15) is 11.2 Å². The maximum atomic E-state index is 12.7. The van der Waals surface area contributed by atoms with Gasteiger partial charge in [-0.25, -0.2) is 9.97 Å². The molecule has 134 valence electrons. The number of thiophene rings is 1. The number of piperidine rings is 1. The predicted octanol–water partition coefficient (Wildman–Crippen LogP) is 3.74. The summed E-state index contributed by atoms with van der Waals surface area (Å²) < 4.78 is 5.92.